The van der Waals surface area contributed by atoms with Crippen LogP contribution >= 0.6 is 0 Å². The van der Waals surface area contributed by atoms with Gasteiger partial charge in [-0.05, 0) is 38.8 Å². The summed E-state index contributed by atoms with van der Waals surface area (Å²) in [5, 5.41) is 29.7. The van der Waals surface area contributed by atoms with Crippen LogP contribution in [0.15, 0.2) is 12.3 Å². The second-order valence-electron chi connectivity index (χ2n) is 8.76. The number of fused-ring (bicyclic) bond motifs is 1. The molecule has 1 aliphatic heterocycles. The molecule has 13 nitrogen and oxygen atoms in total. The van der Waals surface area contributed by atoms with Crippen LogP contribution in [-0.4, -0.2) is 74.0 Å². The molecule has 4 rings (SSSR count). The Bertz CT molecular complexity index is 1170. The molecule has 0 spiro atoms. The molecule has 0 aromatic carbocycles. The summed E-state index contributed by atoms with van der Waals surface area (Å²) >= 11 is 0. The maximum Gasteiger partial charge on any atom is 0.412 e. The average molecular weight is 500 g/mol. The second kappa shape index (κ2) is 11.9. The Morgan fingerprint density at radius 2 is 2.11 bits per heavy atom. The van der Waals surface area contributed by atoms with E-state index in [4.69, 9.17) is 15.2 Å². The van der Waals surface area contributed by atoms with Crippen molar-refractivity contribution in [1.29, 1.82) is 0 Å². The van der Waals surface area contributed by atoms with Crippen molar-refractivity contribution in [3.05, 3.63) is 23.7 Å². The van der Waals surface area contributed by atoms with Crippen LogP contribution in [0.2, 0.25) is 0 Å². The first-order valence-electron chi connectivity index (χ1n) is 12.2. The predicted molar refractivity (Wildman–Crippen MR) is 132 cm³/mol. The highest BCUT2D eigenvalue weighted by Crippen LogP contribution is 2.29. The molecular formula is C23H33N9O4. The summed E-state index contributed by atoms with van der Waals surface area (Å²) in [6.45, 7) is 4.26. The Balaban J connectivity index is 1.69. The van der Waals surface area contributed by atoms with Gasteiger partial charge in [-0.1, -0.05) is 13.3 Å². The number of anilines is 1. The molecule has 3 aromatic rings. The third kappa shape index (κ3) is 5.97. The number of hydrogen-bond donors (Lipinski definition) is 4. The molecule has 1 amide bonds. The molecule has 0 radical (unpaired) electrons. The zero-order chi connectivity index (χ0) is 25.5. The van der Waals surface area contributed by atoms with Gasteiger partial charge < -0.3 is 30.9 Å². The fraction of sp³-hybridized carbons (Fsp3) is 0.565. The van der Waals surface area contributed by atoms with Crippen LogP contribution in [0, 0.1) is 0 Å². The maximum absolute atomic E-state index is 11.3. The van der Waals surface area contributed by atoms with Crippen molar-refractivity contribution >= 4 is 22.9 Å². The third-order valence-electron chi connectivity index (χ3n) is 6.24. The van der Waals surface area contributed by atoms with Gasteiger partial charge in [0.25, 0.3) is 0 Å². The number of nitrogens with zero attached hydrogens (tertiary/aromatic N) is 6. The van der Waals surface area contributed by atoms with Crippen molar-refractivity contribution < 1.29 is 19.4 Å². The van der Waals surface area contributed by atoms with Gasteiger partial charge in [-0.15, -0.1) is 5.10 Å². The second-order valence-corrected chi connectivity index (χ2v) is 8.76. The zero-order valence-corrected chi connectivity index (χ0v) is 20.6. The first kappa shape index (κ1) is 25.5. The molecule has 0 bridgehead atoms. The first-order valence-corrected chi connectivity index (χ1v) is 12.2. The molecule has 194 valence electrons. The first-order chi connectivity index (χ1) is 17.5. The van der Waals surface area contributed by atoms with Crippen LogP contribution < -0.4 is 25.8 Å². The molecule has 1 atom stereocenters. The van der Waals surface area contributed by atoms with Crippen LogP contribution in [-0.2, 0) is 6.54 Å². The molecule has 0 aliphatic carbocycles. The van der Waals surface area contributed by atoms with Crippen LogP contribution in [0.5, 0.6) is 11.8 Å². The summed E-state index contributed by atoms with van der Waals surface area (Å²) in [7, 11) is 1.61. The van der Waals surface area contributed by atoms with Crippen molar-refractivity contribution in [3.8, 4) is 11.8 Å². The van der Waals surface area contributed by atoms with Crippen molar-refractivity contribution in [3.63, 3.8) is 0 Å². The molecule has 1 saturated heterocycles. The normalized spacial score (nSPS) is 15.1. The highest BCUT2D eigenvalue weighted by molar-refractivity contribution is 5.86. The van der Waals surface area contributed by atoms with E-state index in [0.29, 0.717) is 40.6 Å². The highest BCUT2D eigenvalue weighted by Gasteiger charge is 2.22. The average Bonchev–Trinajstić information content (AvgIpc) is 3.27. The van der Waals surface area contributed by atoms with Crippen molar-refractivity contribution in [2.24, 2.45) is 5.73 Å². The van der Waals surface area contributed by atoms with Gasteiger partial charge in [-0.3, -0.25) is 4.68 Å². The molecule has 0 unspecified atom stereocenters. The summed E-state index contributed by atoms with van der Waals surface area (Å²) in [5.41, 5.74) is 7.77. The van der Waals surface area contributed by atoms with Crippen molar-refractivity contribution in [2.45, 2.75) is 57.5 Å². The monoisotopic (exact) mass is 499 g/mol. The number of piperidine rings is 1. The molecule has 36 heavy (non-hydrogen) atoms. The Morgan fingerprint density at radius 3 is 2.81 bits per heavy atom. The number of nitrogens with one attached hydrogen (secondary N) is 2. The number of hydrogen-bond acceptors (Lipinski definition) is 11. The summed E-state index contributed by atoms with van der Waals surface area (Å²) in [5.74, 6) is 1.40. The minimum atomic E-state index is -1.01. The van der Waals surface area contributed by atoms with Gasteiger partial charge in [0, 0.05) is 24.6 Å². The van der Waals surface area contributed by atoms with Gasteiger partial charge in [0.05, 0.1) is 25.5 Å². The van der Waals surface area contributed by atoms with E-state index in [-0.39, 0.29) is 25.2 Å². The number of amides is 1. The Hall–Kier alpha value is -3.58. The topological polar surface area (TPSA) is 175 Å². The smallest absolute Gasteiger partial charge is 0.412 e. The summed E-state index contributed by atoms with van der Waals surface area (Å²) < 4.78 is 12.3. The molecular weight excluding hydrogens is 466 g/mol. The van der Waals surface area contributed by atoms with E-state index in [1.165, 1.54) is 0 Å². The number of methoxy groups -OCH3 is 1. The van der Waals surface area contributed by atoms with E-state index in [2.05, 4.69) is 42.8 Å². The van der Waals surface area contributed by atoms with Crippen LogP contribution in [0.25, 0.3) is 11.0 Å². The number of rotatable bonds is 11. The number of primary amides is 1. The lowest BCUT2D eigenvalue weighted by atomic mass is 9.94. The number of carbonyl (C=O) groups is 1. The number of ether oxygens (including phenoxy) is 2. The highest BCUT2D eigenvalue weighted by atomic mass is 16.6. The molecule has 1 aliphatic rings. The number of nitrogens with two attached hydrogens (primary N) is 1. The minimum absolute atomic E-state index is 0.0198. The molecule has 1 fully saturated rings. The van der Waals surface area contributed by atoms with Crippen molar-refractivity contribution in [1.82, 2.24) is 35.3 Å². The van der Waals surface area contributed by atoms with Crippen molar-refractivity contribution in [2.75, 3.05) is 32.1 Å². The van der Waals surface area contributed by atoms with Gasteiger partial charge >= 0.3 is 12.1 Å². The van der Waals surface area contributed by atoms with Gasteiger partial charge in [0.2, 0.25) is 0 Å². The number of aromatic nitrogens is 6. The van der Waals surface area contributed by atoms with E-state index >= 15 is 0 Å². The number of aliphatic hydroxyl groups excluding tert-OH is 1. The maximum atomic E-state index is 11.3. The van der Waals surface area contributed by atoms with E-state index in [1.807, 2.05) is 6.07 Å². The van der Waals surface area contributed by atoms with E-state index < -0.39 is 6.09 Å². The Labute approximate surface area is 208 Å². The number of aliphatic hydroxyl groups is 1. The number of carbonyl (C=O) groups excluding carboxylic acids is 1. The minimum Gasteiger partial charge on any atom is -0.495 e. The van der Waals surface area contributed by atoms with Crippen LogP contribution in [0.3, 0.4) is 0 Å². The van der Waals surface area contributed by atoms with Crippen LogP contribution in [0.1, 0.15) is 56.3 Å². The molecule has 3 aromatic heterocycles. The van der Waals surface area contributed by atoms with Crippen LogP contribution in [0.4, 0.5) is 10.6 Å². The third-order valence-corrected chi connectivity index (χ3v) is 6.24. The summed E-state index contributed by atoms with van der Waals surface area (Å²) in [6.07, 6.45) is 4.81. The predicted octanol–water partition coefficient (Wildman–Crippen LogP) is 1.56. The van der Waals surface area contributed by atoms with Gasteiger partial charge in [-0.2, -0.15) is 20.2 Å². The largest absolute Gasteiger partial charge is 0.495 e. The summed E-state index contributed by atoms with van der Waals surface area (Å²) in [4.78, 5) is 20.0. The fourth-order valence-corrected chi connectivity index (χ4v) is 4.48. The lowest BCUT2D eigenvalue weighted by Crippen LogP contribution is -2.27. The van der Waals surface area contributed by atoms with E-state index in [1.54, 1.807) is 18.0 Å². The zero-order valence-electron chi connectivity index (χ0n) is 20.6. The van der Waals surface area contributed by atoms with E-state index in [9.17, 15) is 9.90 Å². The standard InChI is InChI=1S/C23H33N9O4/c1-3-4-15(7-10-33)27-21-20-17(28-23(29-21)36-22(24)34)12-26-32(20)13-18-19(35-2)11-16(30-31-18)14-5-8-25-9-6-14/h11-12,14-15,25,33H,3-10,13H2,1-2H3,(H2,24,34)(H,27,28,29)/t15-/m0/s1. The Kier molecular flexibility index (Phi) is 8.44. The SMILES string of the molecule is CCC[C@@H](CCO)Nc1nc(OC(N)=O)nc2cnn(Cc3nnc(C4CCNCC4)cc3OC)c12. The summed E-state index contributed by atoms with van der Waals surface area (Å²) in [6, 6.07) is 1.72. The molecule has 13 heteroatoms. The molecule has 0 saturated carbocycles. The lowest BCUT2D eigenvalue weighted by molar-refractivity contribution is 0.207. The quantitative estimate of drug-likeness (QED) is 0.301. The fourth-order valence-electron chi connectivity index (χ4n) is 4.48. The van der Waals surface area contributed by atoms with Gasteiger partial charge in [0.1, 0.15) is 22.5 Å². The molecule has 4 heterocycles. The lowest BCUT2D eigenvalue weighted by Gasteiger charge is -2.22. The van der Waals surface area contributed by atoms with Gasteiger partial charge in [0.15, 0.2) is 5.82 Å². The van der Waals surface area contributed by atoms with Gasteiger partial charge in [-0.25, -0.2) is 4.79 Å². The van der Waals surface area contributed by atoms with E-state index in [0.717, 1.165) is 44.5 Å². The Morgan fingerprint density at radius 1 is 1.31 bits per heavy atom. The molecule has 5 N–H and O–H groups in total.